The Balaban J connectivity index is 1.04. The minimum Gasteiger partial charge on any atom is -0.310 e. The maximum absolute atomic E-state index is 8.72. The van der Waals surface area contributed by atoms with Crippen LogP contribution in [0.5, 0.6) is 0 Å². The molecule has 0 aliphatic heterocycles. The van der Waals surface area contributed by atoms with Gasteiger partial charge in [0.2, 0.25) is 0 Å². The molecule has 1 nitrogen and oxygen atoms in total. The molecule has 13 rings (SSSR count). The Morgan fingerprint density at radius 2 is 0.638 bits per heavy atom. The van der Waals surface area contributed by atoms with Crippen LogP contribution >= 0.6 is 0 Å². The number of benzene rings is 11. The average Bonchev–Trinajstić information content (AvgIpc) is 3.96. The molecule has 0 aromatic heterocycles. The van der Waals surface area contributed by atoms with Crippen LogP contribution in [0.2, 0.25) is 0 Å². The standard InChI is InChI=1S/C68H47N/c1-6-21-48(22-7-1)50-23-20-24-51(45-50)49-37-39-56(40-38-49)69(57-41-43-61-59-33-16-18-35-63(59)67(65(61)46-57,52-25-8-2-9-26-52)53-27-10-3-11-28-53)58-42-44-62-60-34-17-19-36-64(60)68(66(62)47-58,54-29-12-4-13-30-54)55-31-14-5-15-32-55/h1-47H/i1D,6D,7D,21D,22D. The summed E-state index contributed by atoms with van der Waals surface area (Å²) in [6.07, 6.45) is 0. The van der Waals surface area contributed by atoms with Gasteiger partial charge in [0.1, 0.15) is 0 Å². The highest BCUT2D eigenvalue weighted by molar-refractivity contribution is 5.92. The van der Waals surface area contributed by atoms with Crippen molar-refractivity contribution in [2.24, 2.45) is 0 Å². The van der Waals surface area contributed by atoms with Gasteiger partial charge in [-0.25, -0.2) is 0 Å². The number of hydrogen-bond donors (Lipinski definition) is 0. The predicted octanol–water partition coefficient (Wildman–Crippen LogP) is 17.2. The summed E-state index contributed by atoms with van der Waals surface area (Å²) in [7, 11) is 0. The average molecular weight is 883 g/mol. The van der Waals surface area contributed by atoms with Gasteiger partial charge >= 0.3 is 0 Å². The van der Waals surface area contributed by atoms with Crippen LogP contribution in [0, 0.1) is 0 Å². The summed E-state index contributed by atoms with van der Waals surface area (Å²) in [6, 6.07) is 90.0. The van der Waals surface area contributed by atoms with E-state index in [4.69, 9.17) is 6.85 Å². The lowest BCUT2D eigenvalue weighted by atomic mass is 9.67. The fraction of sp³-hybridized carbons (Fsp3) is 0.0294. The lowest BCUT2D eigenvalue weighted by molar-refractivity contribution is 0.767. The minimum atomic E-state index is -0.610. The summed E-state index contributed by atoms with van der Waals surface area (Å²) in [4.78, 5) is 2.39. The molecular weight excluding hydrogens is 831 g/mol. The van der Waals surface area contributed by atoms with Crippen LogP contribution in [0.4, 0.5) is 17.1 Å². The van der Waals surface area contributed by atoms with Crippen molar-refractivity contribution in [3.8, 4) is 44.5 Å². The second-order valence-electron chi connectivity index (χ2n) is 18.0. The van der Waals surface area contributed by atoms with Crippen molar-refractivity contribution in [1.82, 2.24) is 0 Å². The summed E-state index contributed by atoms with van der Waals surface area (Å²) in [6.45, 7) is 0. The molecular formula is C68H47N. The first kappa shape index (κ1) is 35.4. The van der Waals surface area contributed by atoms with E-state index in [-0.39, 0.29) is 29.7 Å². The fourth-order valence-electron chi connectivity index (χ4n) is 11.6. The van der Waals surface area contributed by atoms with E-state index < -0.39 is 16.9 Å². The molecule has 0 amide bonds. The Morgan fingerprint density at radius 3 is 1.09 bits per heavy atom. The van der Waals surface area contributed by atoms with Crippen molar-refractivity contribution in [2.45, 2.75) is 10.8 Å². The quantitative estimate of drug-likeness (QED) is 0.140. The topological polar surface area (TPSA) is 3.24 Å². The molecule has 2 aliphatic carbocycles. The van der Waals surface area contributed by atoms with Crippen LogP contribution in [0.25, 0.3) is 44.5 Å². The smallest absolute Gasteiger partial charge is 0.0714 e. The van der Waals surface area contributed by atoms with Gasteiger partial charge in [0, 0.05) is 17.1 Å². The number of hydrogen-bond acceptors (Lipinski definition) is 1. The summed E-state index contributed by atoms with van der Waals surface area (Å²) < 4.78 is 42.4. The molecule has 0 radical (unpaired) electrons. The van der Waals surface area contributed by atoms with Gasteiger partial charge in [-0.05, 0) is 131 Å². The summed E-state index contributed by atoms with van der Waals surface area (Å²) in [5.74, 6) is 0. The van der Waals surface area contributed by atoms with Crippen LogP contribution < -0.4 is 4.90 Å². The van der Waals surface area contributed by atoms with E-state index in [0.29, 0.717) is 5.56 Å². The first-order valence-corrected chi connectivity index (χ1v) is 23.6. The number of nitrogens with zero attached hydrogens (tertiary/aromatic N) is 1. The highest BCUT2D eigenvalue weighted by atomic mass is 15.1. The predicted molar refractivity (Wildman–Crippen MR) is 287 cm³/mol. The van der Waals surface area contributed by atoms with Crippen LogP contribution in [0.1, 0.15) is 51.4 Å². The van der Waals surface area contributed by atoms with Gasteiger partial charge in [0.05, 0.1) is 17.7 Å². The maximum Gasteiger partial charge on any atom is 0.0714 e. The van der Waals surface area contributed by atoms with Gasteiger partial charge in [-0.3, -0.25) is 0 Å². The van der Waals surface area contributed by atoms with Gasteiger partial charge in [-0.2, -0.15) is 0 Å². The first-order valence-electron chi connectivity index (χ1n) is 26.1. The van der Waals surface area contributed by atoms with Crippen LogP contribution in [0.3, 0.4) is 0 Å². The van der Waals surface area contributed by atoms with Gasteiger partial charge in [-0.15, -0.1) is 0 Å². The van der Waals surface area contributed by atoms with Gasteiger partial charge < -0.3 is 4.90 Å². The molecule has 0 heterocycles. The molecule has 11 aromatic carbocycles. The number of anilines is 3. The monoisotopic (exact) mass is 882 g/mol. The van der Waals surface area contributed by atoms with Crippen molar-refractivity contribution < 1.29 is 6.85 Å². The molecule has 0 bridgehead atoms. The molecule has 0 unspecified atom stereocenters. The van der Waals surface area contributed by atoms with Gasteiger partial charge in [0.15, 0.2) is 0 Å². The number of rotatable bonds is 9. The third-order valence-electron chi connectivity index (χ3n) is 14.5. The Bertz CT molecular complexity index is 3660. The fourth-order valence-corrected chi connectivity index (χ4v) is 11.6. The molecule has 0 spiro atoms. The Labute approximate surface area is 412 Å². The molecule has 0 saturated carbocycles. The van der Waals surface area contributed by atoms with Crippen LogP contribution in [0.15, 0.2) is 285 Å². The van der Waals surface area contributed by atoms with E-state index in [2.05, 4.69) is 235 Å². The molecule has 0 fully saturated rings. The maximum atomic E-state index is 8.72. The largest absolute Gasteiger partial charge is 0.310 e. The van der Waals surface area contributed by atoms with Crippen molar-refractivity contribution in [3.63, 3.8) is 0 Å². The van der Waals surface area contributed by atoms with Crippen molar-refractivity contribution >= 4 is 17.1 Å². The lowest BCUT2D eigenvalue weighted by Gasteiger charge is -2.36. The third-order valence-corrected chi connectivity index (χ3v) is 14.5. The molecule has 1 heteroatoms. The van der Waals surface area contributed by atoms with E-state index >= 15 is 0 Å². The summed E-state index contributed by atoms with van der Waals surface area (Å²) >= 11 is 0. The summed E-state index contributed by atoms with van der Waals surface area (Å²) in [5.41, 5.74) is 18.8. The van der Waals surface area contributed by atoms with Crippen LogP contribution in [-0.2, 0) is 10.8 Å². The molecule has 0 atom stereocenters. The Morgan fingerprint density at radius 1 is 0.261 bits per heavy atom. The molecule has 69 heavy (non-hydrogen) atoms. The first-order chi connectivity index (χ1) is 36.3. The van der Waals surface area contributed by atoms with E-state index in [1.54, 1.807) is 0 Å². The highest BCUT2D eigenvalue weighted by Crippen LogP contribution is 2.59. The van der Waals surface area contributed by atoms with Crippen molar-refractivity contribution in [3.05, 3.63) is 330 Å². The highest BCUT2D eigenvalue weighted by Gasteiger charge is 2.48. The Kier molecular flexibility index (Phi) is 8.48. The summed E-state index contributed by atoms with van der Waals surface area (Å²) in [5, 5.41) is 0. The zero-order valence-corrected chi connectivity index (χ0v) is 37.7. The molecule has 11 aromatic rings. The SMILES string of the molecule is [2H]c1c([2H])c([2H])c(-c2cccc(-c3ccc(N(c4ccc5c(c4)C(c4ccccc4)(c4ccccc4)c4ccccc4-5)c4ccc5c(c4)C(c4ccccc4)(c4ccccc4)c4ccccc4-5)cc3)c2)c([2H])c1[2H]. The second kappa shape index (κ2) is 16.5. The van der Waals surface area contributed by atoms with E-state index in [1.807, 2.05) is 24.3 Å². The van der Waals surface area contributed by atoms with E-state index in [0.717, 1.165) is 28.2 Å². The van der Waals surface area contributed by atoms with Gasteiger partial charge in [-0.1, -0.05) is 243 Å². The van der Waals surface area contributed by atoms with Crippen LogP contribution in [-0.4, -0.2) is 0 Å². The van der Waals surface area contributed by atoms with Gasteiger partial charge in [0.25, 0.3) is 0 Å². The van der Waals surface area contributed by atoms with Crippen molar-refractivity contribution in [1.29, 1.82) is 0 Å². The molecule has 0 saturated heterocycles. The zero-order valence-electron chi connectivity index (χ0n) is 42.7. The van der Waals surface area contributed by atoms with Crippen molar-refractivity contribution in [2.75, 3.05) is 4.90 Å². The molecule has 324 valence electrons. The number of fused-ring (bicyclic) bond motifs is 6. The minimum absolute atomic E-state index is 0.183. The third kappa shape index (κ3) is 6.32. The molecule has 2 aliphatic rings. The molecule has 0 N–H and O–H groups in total. The van der Waals surface area contributed by atoms with E-state index in [9.17, 15) is 0 Å². The second-order valence-corrected chi connectivity index (χ2v) is 18.0. The van der Waals surface area contributed by atoms with E-state index in [1.165, 1.54) is 66.8 Å². The lowest BCUT2D eigenvalue weighted by Crippen LogP contribution is -2.29. The normalized spacial score (nSPS) is 14.5. The zero-order chi connectivity index (χ0) is 50.1. The Hall–Kier alpha value is -8.78.